The van der Waals surface area contributed by atoms with Crippen molar-refractivity contribution >= 4 is 10.0 Å². The van der Waals surface area contributed by atoms with E-state index in [2.05, 4.69) is 0 Å². The standard InChI is InChI=1S/C15H20F3NO3S/c1-3-19(9-12-6-7-22-10-12)23(20,21)14-8-13(15(16,17)18)5-4-11(14)2/h4-5,8,12H,3,6-7,9-10H2,1-2H3. The normalized spacial score (nSPS) is 19.5. The number of alkyl halides is 3. The number of hydrogen-bond donors (Lipinski definition) is 0. The molecule has 0 saturated carbocycles. The monoisotopic (exact) mass is 351 g/mol. The van der Waals surface area contributed by atoms with Gasteiger partial charge in [0.2, 0.25) is 10.0 Å². The van der Waals surface area contributed by atoms with Crippen LogP contribution in [-0.2, 0) is 20.9 Å². The molecule has 1 heterocycles. The van der Waals surface area contributed by atoms with Gasteiger partial charge in [0.15, 0.2) is 0 Å². The molecule has 0 amide bonds. The number of halogens is 3. The SMILES string of the molecule is CCN(CC1CCOC1)S(=O)(=O)c1cc(C(F)(F)F)ccc1C. The van der Waals surface area contributed by atoms with E-state index in [4.69, 9.17) is 4.74 Å². The zero-order valence-electron chi connectivity index (χ0n) is 13.1. The van der Waals surface area contributed by atoms with Gasteiger partial charge >= 0.3 is 6.18 Å². The molecule has 0 aliphatic carbocycles. The Bertz CT molecular complexity index is 652. The van der Waals surface area contributed by atoms with E-state index in [9.17, 15) is 21.6 Å². The lowest BCUT2D eigenvalue weighted by atomic mass is 10.1. The fraction of sp³-hybridized carbons (Fsp3) is 0.600. The van der Waals surface area contributed by atoms with Gasteiger partial charge in [-0.25, -0.2) is 8.42 Å². The molecule has 2 rings (SSSR count). The average Bonchev–Trinajstić information content (AvgIpc) is 2.96. The van der Waals surface area contributed by atoms with E-state index in [1.165, 1.54) is 17.3 Å². The lowest BCUT2D eigenvalue weighted by Crippen LogP contribution is -2.36. The third kappa shape index (κ3) is 4.05. The Hall–Kier alpha value is -1.12. The van der Waals surface area contributed by atoms with E-state index >= 15 is 0 Å². The lowest BCUT2D eigenvalue weighted by Gasteiger charge is -2.24. The highest BCUT2D eigenvalue weighted by Gasteiger charge is 2.34. The summed E-state index contributed by atoms with van der Waals surface area (Å²) in [5.74, 6) is 0.0795. The molecule has 1 aromatic carbocycles. The maximum absolute atomic E-state index is 12.9. The van der Waals surface area contributed by atoms with Gasteiger partial charge in [0, 0.05) is 19.7 Å². The zero-order chi connectivity index (χ0) is 17.3. The molecular weight excluding hydrogens is 331 g/mol. The first-order valence-corrected chi connectivity index (χ1v) is 8.86. The lowest BCUT2D eigenvalue weighted by molar-refractivity contribution is -0.137. The van der Waals surface area contributed by atoms with Crippen LogP contribution in [-0.4, -0.2) is 39.0 Å². The molecule has 23 heavy (non-hydrogen) atoms. The molecule has 0 radical (unpaired) electrons. The van der Waals surface area contributed by atoms with Gasteiger partial charge in [-0.05, 0) is 37.0 Å². The van der Waals surface area contributed by atoms with Gasteiger partial charge in [-0.1, -0.05) is 13.0 Å². The molecule has 1 aliphatic rings. The van der Waals surface area contributed by atoms with Crippen molar-refractivity contribution in [2.24, 2.45) is 5.92 Å². The Morgan fingerprint density at radius 3 is 2.57 bits per heavy atom. The molecule has 130 valence electrons. The molecule has 0 aromatic heterocycles. The molecule has 1 saturated heterocycles. The van der Waals surface area contributed by atoms with Crippen LogP contribution in [0.2, 0.25) is 0 Å². The summed E-state index contributed by atoms with van der Waals surface area (Å²) in [5, 5.41) is 0. The van der Waals surface area contributed by atoms with Gasteiger partial charge in [-0.2, -0.15) is 17.5 Å². The predicted molar refractivity (Wildman–Crippen MR) is 79.5 cm³/mol. The van der Waals surface area contributed by atoms with E-state index in [1.807, 2.05) is 0 Å². The number of sulfonamides is 1. The summed E-state index contributed by atoms with van der Waals surface area (Å²) in [6.07, 6.45) is -3.82. The van der Waals surface area contributed by atoms with Crippen molar-refractivity contribution in [1.29, 1.82) is 0 Å². The van der Waals surface area contributed by atoms with Crippen molar-refractivity contribution in [2.75, 3.05) is 26.3 Å². The molecule has 1 unspecified atom stereocenters. The van der Waals surface area contributed by atoms with E-state index in [0.29, 0.717) is 18.8 Å². The smallest absolute Gasteiger partial charge is 0.381 e. The van der Waals surface area contributed by atoms with Crippen LogP contribution < -0.4 is 0 Å². The zero-order valence-corrected chi connectivity index (χ0v) is 13.9. The van der Waals surface area contributed by atoms with Gasteiger partial charge in [0.25, 0.3) is 0 Å². The van der Waals surface area contributed by atoms with Crippen LogP contribution in [0.25, 0.3) is 0 Å². The molecule has 8 heteroatoms. The Labute approximate surface area is 134 Å². The summed E-state index contributed by atoms with van der Waals surface area (Å²) in [6.45, 7) is 4.71. The first-order valence-electron chi connectivity index (χ1n) is 7.42. The summed E-state index contributed by atoms with van der Waals surface area (Å²) >= 11 is 0. The highest BCUT2D eigenvalue weighted by Crippen LogP contribution is 2.33. The molecule has 1 aromatic rings. The molecule has 1 aliphatic heterocycles. The van der Waals surface area contributed by atoms with Gasteiger partial charge in [-0.15, -0.1) is 0 Å². The molecule has 0 N–H and O–H groups in total. The predicted octanol–water partition coefficient (Wildman–Crippen LogP) is 3.06. The topological polar surface area (TPSA) is 46.6 Å². The van der Waals surface area contributed by atoms with Crippen LogP contribution in [0.3, 0.4) is 0 Å². The van der Waals surface area contributed by atoms with Gasteiger partial charge in [-0.3, -0.25) is 0 Å². The Morgan fingerprint density at radius 1 is 1.35 bits per heavy atom. The quantitative estimate of drug-likeness (QED) is 0.819. The van der Waals surface area contributed by atoms with Crippen molar-refractivity contribution in [3.8, 4) is 0 Å². The molecule has 1 fully saturated rings. The molecule has 1 atom stereocenters. The highest BCUT2D eigenvalue weighted by molar-refractivity contribution is 7.89. The second-order valence-electron chi connectivity index (χ2n) is 5.66. The second-order valence-corrected chi connectivity index (χ2v) is 7.57. The average molecular weight is 351 g/mol. The number of ether oxygens (including phenoxy) is 1. The Kier molecular flexibility index (Phi) is 5.37. The van der Waals surface area contributed by atoms with Crippen LogP contribution in [0.4, 0.5) is 13.2 Å². The van der Waals surface area contributed by atoms with Crippen LogP contribution in [0.5, 0.6) is 0 Å². The third-order valence-electron chi connectivity index (χ3n) is 3.97. The van der Waals surface area contributed by atoms with Crippen molar-refractivity contribution in [2.45, 2.75) is 31.3 Å². The first-order chi connectivity index (χ1) is 10.7. The van der Waals surface area contributed by atoms with Crippen LogP contribution >= 0.6 is 0 Å². The molecule has 0 spiro atoms. The summed E-state index contributed by atoms with van der Waals surface area (Å²) in [4.78, 5) is -0.284. The van der Waals surface area contributed by atoms with Crippen molar-refractivity contribution < 1.29 is 26.3 Å². The van der Waals surface area contributed by atoms with Crippen molar-refractivity contribution in [1.82, 2.24) is 4.31 Å². The number of nitrogens with zero attached hydrogens (tertiary/aromatic N) is 1. The number of benzene rings is 1. The molecular formula is C15H20F3NO3S. The fourth-order valence-corrected chi connectivity index (χ4v) is 4.38. The van der Waals surface area contributed by atoms with E-state index in [1.54, 1.807) is 6.92 Å². The van der Waals surface area contributed by atoms with Crippen molar-refractivity contribution in [3.63, 3.8) is 0 Å². The minimum absolute atomic E-state index is 0.0795. The van der Waals surface area contributed by atoms with E-state index in [-0.39, 0.29) is 23.9 Å². The maximum Gasteiger partial charge on any atom is 0.416 e. The molecule has 4 nitrogen and oxygen atoms in total. The summed E-state index contributed by atoms with van der Waals surface area (Å²) < 4.78 is 70.6. The van der Waals surface area contributed by atoms with Gasteiger partial charge in [0.05, 0.1) is 17.1 Å². The number of hydrogen-bond acceptors (Lipinski definition) is 3. The summed E-state index contributed by atoms with van der Waals surface area (Å²) in [6, 6.07) is 2.82. The Balaban J connectivity index is 2.36. The molecule has 0 bridgehead atoms. The second kappa shape index (κ2) is 6.78. The van der Waals surface area contributed by atoms with E-state index in [0.717, 1.165) is 18.6 Å². The highest BCUT2D eigenvalue weighted by atomic mass is 32.2. The largest absolute Gasteiger partial charge is 0.416 e. The fourth-order valence-electron chi connectivity index (χ4n) is 2.61. The maximum atomic E-state index is 12.9. The van der Waals surface area contributed by atoms with Gasteiger partial charge in [0.1, 0.15) is 0 Å². The van der Waals surface area contributed by atoms with Crippen LogP contribution in [0.1, 0.15) is 24.5 Å². The summed E-state index contributed by atoms with van der Waals surface area (Å²) in [7, 11) is -3.97. The van der Waals surface area contributed by atoms with Crippen LogP contribution in [0, 0.1) is 12.8 Å². The first kappa shape index (κ1) is 18.2. The third-order valence-corrected chi connectivity index (χ3v) is 6.05. The minimum Gasteiger partial charge on any atom is -0.381 e. The number of aryl methyl sites for hydroxylation is 1. The Morgan fingerprint density at radius 2 is 2.04 bits per heavy atom. The minimum atomic E-state index is -4.58. The summed E-state index contributed by atoms with van der Waals surface area (Å²) in [5.41, 5.74) is -0.652. The van der Waals surface area contributed by atoms with Crippen LogP contribution in [0.15, 0.2) is 23.1 Å². The number of rotatable bonds is 5. The van der Waals surface area contributed by atoms with Gasteiger partial charge < -0.3 is 4.74 Å². The van der Waals surface area contributed by atoms with E-state index < -0.39 is 21.8 Å². The van der Waals surface area contributed by atoms with Crippen molar-refractivity contribution in [3.05, 3.63) is 29.3 Å².